The minimum atomic E-state index is -0.443. The lowest BCUT2D eigenvalue weighted by Gasteiger charge is -2.02. The molecule has 146 valence electrons. The molecule has 0 atom stereocenters. The van der Waals surface area contributed by atoms with E-state index in [2.05, 4.69) is 49.0 Å². The van der Waals surface area contributed by atoms with Gasteiger partial charge in [-0.25, -0.2) is 5.43 Å². The molecule has 1 amide bonds. The molecular formula is C21H13BrClIN2O3. The summed E-state index contributed by atoms with van der Waals surface area (Å²) in [6, 6.07) is 14.7. The maximum atomic E-state index is 12.3. The second kappa shape index (κ2) is 8.33. The van der Waals surface area contributed by atoms with E-state index in [9.17, 15) is 4.79 Å². The van der Waals surface area contributed by atoms with E-state index in [0.717, 1.165) is 24.6 Å². The molecule has 4 rings (SSSR count). The van der Waals surface area contributed by atoms with E-state index in [1.165, 1.54) is 6.21 Å². The van der Waals surface area contributed by atoms with Gasteiger partial charge in [-0.3, -0.25) is 4.79 Å². The largest absolute Gasteiger partial charge is 0.455 e. The maximum absolute atomic E-state index is 12.3. The van der Waals surface area contributed by atoms with Crippen LogP contribution in [-0.2, 0) is 0 Å². The quantitative estimate of drug-likeness (QED) is 0.164. The van der Waals surface area contributed by atoms with Crippen LogP contribution in [-0.4, -0.2) is 12.1 Å². The average Bonchev–Trinajstić information content (AvgIpc) is 3.31. The third-order valence-corrected chi connectivity index (χ3v) is 5.70. The zero-order valence-corrected chi connectivity index (χ0v) is 19.5. The molecule has 0 saturated heterocycles. The summed E-state index contributed by atoms with van der Waals surface area (Å²) < 4.78 is 13.3. The van der Waals surface area contributed by atoms with Gasteiger partial charge >= 0.3 is 5.91 Å². The highest BCUT2D eigenvalue weighted by atomic mass is 127. The fourth-order valence-corrected chi connectivity index (χ4v) is 4.66. The monoisotopic (exact) mass is 582 g/mol. The van der Waals surface area contributed by atoms with Crippen molar-refractivity contribution < 1.29 is 13.6 Å². The number of benzene rings is 2. The molecule has 29 heavy (non-hydrogen) atoms. The minimum Gasteiger partial charge on any atom is -0.455 e. The van der Waals surface area contributed by atoms with E-state index in [-0.39, 0.29) is 5.76 Å². The van der Waals surface area contributed by atoms with Crippen molar-refractivity contribution in [2.45, 2.75) is 6.92 Å². The number of nitrogens with zero attached hydrogens (tertiary/aromatic N) is 1. The van der Waals surface area contributed by atoms with Crippen molar-refractivity contribution in [1.82, 2.24) is 5.43 Å². The SMILES string of the molecule is Cc1ccc(Cl)cc1-c1ccc(/C=N\NC(=O)c2cc3cc(Br)cc(I)c3o2)o1. The Morgan fingerprint density at radius 2 is 2.00 bits per heavy atom. The first-order chi connectivity index (χ1) is 13.9. The lowest BCUT2D eigenvalue weighted by atomic mass is 10.1. The van der Waals surface area contributed by atoms with E-state index in [1.807, 2.05) is 43.3 Å². The molecule has 0 fully saturated rings. The Kier molecular flexibility index (Phi) is 5.80. The first-order valence-electron chi connectivity index (χ1n) is 8.49. The first kappa shape index (κ1) is 20.2. The molecule has 0 unspecified atom stereocenters. The number of furan rings is 2. The number of hydrogen-bond donors (Lipinski definition) is 1. The summed E-state index contributed by atoms with van der Waals surface area (Å²) >= 11 is 11.7. The molecule has 0 radical (unpaired) electrons. The normalized spacial score (nSPS) is 11.4. The molecule has 0 aliphatic carbocycles. The van der Waals surface area contributed by atoms with Crippen LogP contribution in [0.2, 0.25) is 5.02 Å². The summed E-state index contributed by atoms with van der Waals surface area (Å²) in [5.41, 5.74) is 5.07. The Balaban J connectivity index is 1.48. The lowest BCUT2D eigenvalue weighted by Crippen LogP contribution is -2.16. The Bertz CT molecular complexity index is 1260. The fraction of sp³-hybridized carbons (Fsp3) is 0.0476. The Morgan fingerprint density at radius 3 is 2.83 bits per heavy atom. The predicted molar refractivity (Wildman–Crippen MR) is 126 cm³/mol. The molecule has 1 N–H and O–H groups in total. The van der Waals surface area contributed by atoms with E-state index in [1.54, 1.807) is 12.1 Å². The van der Waals surface area contributed by atoms with E-state index < -0.39 is 5.91 Å². The second-order valence-corrected chi connectivity index (χ2v) is 8.79. The molecule has 0 bridgehead atoms. The summed E-state index contributed by atoms with van der Waals surface area (Å²) in [6.45, 7) is 1.98. The van der Waals surface area contributed by atoms with Gasteiger partial charge in [0.05, 0.1) is 9.78 Å². The van der Waals surface area contributed by atoms with Gasteiger partial charge in [-0.05, 0) is 77.5 Å². The number of rotatable bonds is 4. The van der Waals surface area contributed by atoms with Gasteiger partial charge in [0.1, 0.15) is 17.1 Å². The minimum absolute atomic E-state index is 0.183. The second-order valence-electron chi connectivity index (χ2n) is 6.28. The van der Waals surface area contributed by atoms with Crippen LogP contribution < -0.4 is 5.43 Å². The van der Waals surface area contributed by atoms with E-state index in [4.69, 9.17) is 20.4 Å². The highest BCUT2D eigenvalue weighted by Gasteiger charge is 2.14. The number of hydrazone groups is 1. The van der Waals surface area contributed by atoms with Crippen LogP contribution in [0.4, 0.5) is 0 Å². The molecule has 0 saturated carbocycles. The number of carbonyl (C=O) groups is 1. The van der Waals surface area contributed by atoms with Crippen LogP contribution in [0, 0.1) is 10.5 Å². The number of amides is 1. The van der Waals surface area contributed by atoms with Gasteiger partial charge < -0.3 is 8.83 Å². The van der Waals surface area contributed by atoms with Gasteiger partial charge in [0, 0.05) is 20.4 Å². The van der Waals surface area contributed by atoms with Gasteiger partial charge in [-0.1, -0.05) is 33.6 Å². The van der Waals surface area contributed by atoms with Crippen molar-refractivity contribution in [3.8, 4) is 11.3 Å². The molecule has 2 heterocycles. The number of hydrogen-bond acceptors (Lipinski definition) is 4. The molecule has 2 aromatic carbocycles. The third kappa shape index (κ3) is 4.41. The molecule has 2 aromatic heterocycles. The standard InChI is InChI=1S/C21H13BrClIN2O3/c1-11-2-3-14(23)9-16(11)18-5-4-15(28-18)10-25-26-21(27)19-7-12-6-13(22)8-17(24)20(12)29-19/h2-10H,1H3,(H,26,27)/b25-10-. The summed E-state index contributed by atoms with van der Waals surface area (Å²) in [6.07, 6.45) is 1.43. The number of aryl methyl sites for hydroxylation is 1. The fourth-order valence-electron chi connectivity index (χ4n) is 2.82. The van der Waals surface area contributed by atoms with Gasteiger partial charge in [-0.15, -0.1) is 0 Å². The van der Waals surface area contributed by atoms with Crippen LogP contribution in [0.3, 0.4) is 0 Å². The van der Waals surface area contributed by atoms with Gasteiger partial charge in [0.25, 0.3) is 0 Å². The number of fused-ring (bicyclic) bond motifs is 1. The number of carbonyl (C=O) groups excluding carboxylic acids is 1. The molecule has 5 nitrogen and oxygen atoms in total. The Morgan fingerprint density at radius 1 is 1.17 bits per heavy atom. The zero-order valence-electron chi connectivity index (χ0n) is 15.0. The van der Waals surface area contributed by atoms with E-state index >= 15 is 0 Å². The van der Waals surface area contributed by atoms with Crippen molar-refractivity contribution in [2.24, 2.45) is 5.10 Å². The topological polar surface area (TPSA) is 67.7 Å². The zero-order chi connectivity index (χ0) is 20.5. The summed E-state index contributed by atoms with van der Waals surface area (Å²) in [4.78, 5) is 12.3. The Labute approximate surface area is 193 Å². The third-order valence-electron chi connectivity index (χ3n) is 4.21. The number of nitrogens with one attached hydrogen (secondary N) is 1. The summed E-state index contributed by atoms with van der Waals surface area (Å²) in [5.74, 6) is 0.919. The molecular weight excluding hydrogens is 571 g/mol. The van der Waals surface area contributed by atoms with Crippen molar-refractivity contribution >= 4 is 73.2 Å². The van der Waals surface area contributed by atoms with Crippen LogP contribution in [0.15, 0.2) is 66.9 Å². The van der Waals surface area contributed by atoms with Gasteiger partial charge in [0.15, 0.2) is 5.76 Å². The predicted octanol–water partition coefficient (Wildman–Crippen LogP) is 6.79. The van der Waals surface area contributed by atoms with Crippen molar-refractivity contribution in [3.63, 3.8) is 0 Å². The van der Waals surface area contributed by atoms with Gasteiger partial charge in [0.2, 0.25) is 0 Å². The van der Waals surface area contributed by atoms with E-state index in [0.29, 0.717) is 22.1 Å². The van der Waals surface area contributed by atoms with Crippen LogP contribution in [0.25, 0.3) is 22.3 Å². The molecule has 8 heteroatoms. The highest BCUT2D eigenvalue weighted by molar-refractivity contribution is 14.1. The number of halogens is 3. The summed E-state index contributed by atoms with van der Waals surface area (Å²) in [7, 11) is 0. The average molecular weight is 584 g/mol. The molecule has 0 spiro atoms. The van der Waals surface area contributed by atoms with Crippen molar-refractivity contribution in [2.75, 3.05) is 0 Å². The van der Waals surface area contributed by atoms with Crippen LogP contribution >= 0.6 is 50.1 Å². The Hall–Kier alpha value is -2.10. The smallest absolute Gasteiger partial charge is 0.307 e. The maximum Gasteiger partial charge on any atom is 0.307 e. The van der Waals surface area contributed by atoms with Crippen LogP contribution in [0.1, 0.15) is 21.9 Å². The van der Waals surface area contributed by atoms with Gasteiger partial charge in [-0.2, -0.15) is 5.10 Å². The summed E-state index contributed by atoms with van der Waals surface area (Å²) in [5, 5.41) is 5.43. The molecule has 0 aliphatic rings. The highest BCUT2D eigenvalue weighted by Crippen LogP contribution is 2.29. The molecule has 0 aliphatic heterocycles. The van der Waals surface area contributed by atoms with Crippen LogP contribution in [0.5, 0.6) is 0 Å². The first-order valence-corrected chi connectivity index (χ1v) is 10.7. The lowest BCUT2D eigenvalue weighted by molar-refractivity contribution is 0.0929. The van der Waals surface area contributed by atoms with Crippen molar-refractivity contribution in [3.05, 3.63) is 78.7 Å². The van der Waals surface area contributed by atoms with Crippen molar-refractivity contribution in [1.29, 1.82) is 0 Å². The molecule has 4 aromatic rings.